The lowest BCUT2D eigenvalue weighted by Crippen LogP contribution is -2.36. The summed E-state index contributed by atoms with van der Waals surface area (Å²) in [7, 11) is -3.83. The number of hydrogen-bond acceptors (Lipinski definition) is 4. The monoisotopic (exact) mass is 353 g/mol. The topological polar surface area (TPSA) is 78.6 Å². The number of sulfonamides is 1. The number of rotatable bonds is 3. The molecule has 1 heterocycles. The second-order valence-electron chi connectivity index (χ2n) is 5.71. The molecule has 0 unspecified atom stereocenters. The maximum absolute atomic E-state index is 11.6. The molecule has 1 aliphatic rings. The summed E-state index contributed by atoms with van der Waals surface area (Å²) in [4.78, 5) is -0.0215. The Morgan fingerprint density at radius 3 is 1.76 bits per heavy atom. The summed E-state index contributed by atoms with van der Waals surface area (Å²) >= 11 is 0. The van der Waals surface area contributed by atoms with Gasteiger partial charge in [0, 0.05) is 17.2 Å². The zero-order chi connectivity index (χ0) is 17.5. The normalized spacial score (nSPS) is 15.1. The Kier molecular flexibility index (Phi) is 3.52. The molecule has 0 radical (unpaired) electrons. The van der Waals surface area contributed by atoms with Crippen molar-refractivity contribution < 1.29 is 17.9 Å². The largest absolute Gasteiger partial charge is 0.440 e. The van der Waals surface area contributed by atoms with Gasteiger partial charge in [-0.05, 0) is 12.1 Å². The minimum absolute atomic E-state index is 0.0215. The Morgan fingerprint density at radius 2 is 1.24 bits per heavy atom. The van der Waals surface area contributed by atoms with E-state index in [0.717, 1.165) is 11.1 Å². The van der Waals surface area contributed by atoms with Crippen LogP contribution in [0.1, 0.15) is 11.1 Å². The van der Waals surface area contributed by atoms with Gasteiger partial charge in [-0.1, -0.05) is 60.7 Å². The van der Waals surface area contributed by atoms with Crippen molar-refractivity contribution in [1.29, 1.82) is 0 Å². The van der Waals surface area contributed by atoms with Gasteiger partial charge in [-0.2, -0.15) is 0 Å². The molecule has 0 bridgehead atoms. The molecule has 126 valence electrons. The third-order valence-electron chi connectivity index (χ3n) is 4.06. The molecule has 4 rings (SSSR count). The average Bonchev–Trinajstić information content (AvgIpc) is 3.02. The van der Waals surface area contributed by atoms with Gasteiger partial charge in [-0.3, -0.25) is 0 Å². The third-order valence-corrected chi connectivity index (χ3v) is 4.97. The first-order valence-corrected chi connectivity index (χ1v) is 9.20. The number of primary sulfonamides is 1. The second-order valence-corrected chi connectivity index (χ2v) is 7.27. The lowest BCUT2D eigenvalue weighted by Gasteiger charge is -2.28. The first kappa shape index (κ1) is 15.7. The summed E-state index contributed by atoms with van der Waals surface area (Å²) in [6.45, 7) is 0. The van der Waals surface area contributed by atoms with Crippen molar-refractivity contribution in [2.24, 2.45) is 5.14 Å². The Bertz CT molecular complexity index is 978. The molecule has 0 saturated heterocycles. The molecular weight excluding hydrogens is 338 g/mol. The highest BCUT2D eigenvalue weighted by Crippen LogP contribution is 2.48. The summed E-state index contributed by atoms with van der Waals surface area (Å²) in [6, 6.07) is 23.4. The first-order chi connectivity index (χ1) is 12.0. The quantitative estimate of drug-likeness (QED) is 0.785. The van der Waals surface area contributed by atoms with Gasteiger partial charge in [0.25, 0.3) is 0 Å². The lowest BCUT2D eigenvalue weighted by molar-refractivity contribution is -0.0459. The van der Waals surface area contributed by atoms with Crippen molar-refractivity contribution in [3.8, 4) is 11.5 Å². The SMILES string of the molecule is NS(=O)(=O)c1ccc2c(c1)OC(c1ccccc1)(c1ccccc1)O2. The van der Waals surface area contributed by atoms with Crippen LogP contribution in [-0.2, 0) is 15.8 Å². The van der Waals surface area contributed by atoms with Crippen molar-refractivity contribution >= 4 is 10.0 Å². The molecule has 0 amide bonds. The summed E-state index contributed by atoms with van der Waals surface area (Å²) in [6.07, 6.45) is 0. The highest BCUT2D eigenvalue weighted by atomic mass is 32.2. The number of fused-ring (bicyclic) bond motifs is 1. The molecule has 0 aliphatic carbocycles. The van der Waals surface area contributed by atoms with Crippen LogP contribution in [0.15, 0.2) is 83.8 Å². The van der Waals surface area contributed by atoms with Crippen LogP contribution in [0.4, 0.5) is 0 Å². The molecular formula is C19H15NO4S. The fourth-order valence-electron chi connectivity index (χ4n) is 2.88. The Hall–Kier alpha value is -2.83. The standard InChI is InChI=1S/C19H15NO4S/c20-25(21,22)16-11-12-17-18(13-16)24-19(23-17,14-7-3-1-4-8-14)15-9-5-2-6-10-15/h1-13H,(H2,20,21,22). The Morgan fingerprint density at radius 1 is 0.720 bits per heavy atom. The van der Waals surface area contributed by atoms with Crippen LogP contribution in [0.3, 0.4) is 0 Å². The number of ether oxygens (including phenoxy) is 2. The van der Waals surface area contributed by atoms with Gasteiger partial charge in [0.2, 0.25) is 10.0 Å². The first-order valence-electron chi connectivity index (χ1n) is 7.65. The van der Waals surface area contributed by atoms with Crippen molar-refractivity contribution in [3.63, 3.8) is 0 Å². The number of hydrogen-bond donors (Lipinski definition) is 1. The van der Waals surface area contributed by atoms with E-state index in [9.17, 15) is 8.42 Å². The van der Waals surface area contributed by atoms with E-state index in [-0.39, 0.29) is 4.90 Å². The van der Waals surface area contributed by atoms with E-state index in [0.29, 0.717) is 11.5 Å². The Balaban J connectivity index is 1.88. The fourth-order valence-corrected chi connectivity index (χ4v) is 3.41. The van der Waals surface area contributed by atoms with Gasteiger partial charge >= 0.3 is 5.79 Å². The van der Waals surface area contributed by atoms with Crippen LogP contribution < -0.4 is 14.6 Å². The predicted molar refractivity (Wildman–Crippen MR) is 92.7 cm³/mol. The van der Waals surface area contributed by atoms with Crippen LogP contribution >= 0.6 is 0 Å². The van der Waals surface area contributed by atoms with E-state index in [1.165, 1.54) is 12.1 Å². The average molecular weight is 353 g/mol. The zero-order valence-electron chi connectivity index (χ0n) is 13.1. The van der Waals surface area contributed by atoms with E-state index in [1.54, 1.807) is 6.07 Å². The molecule has 0 spiro atoms. The molecule has 0 atom stereocenters. The van der Waals surface area contributed by atoms with Crippen molar-refractivity contribution in [2.75, 3.05) is 0 Å². The van der Waals surface area contributed by atoms with Gasteiger partial charge in [-0.15, -0.1) is 0 Å². The van der Waals surface area contributed by atoms with Gasteiger partial charge in [0.1, 0.15) is 0 Å². The predicted octanol–water partition coefficient (Wildman–Crippen LogP) is 3.01. The van der Waals surface area contributed by atoms with Crippen LogP contribution in [0.25, 0.3) is 0 Å². The molecule has 1 aliphatic heterocycles. The van der Waals surface area contributed by atoms with Crippen molar-refractivity contribution in [1.82, 2.24) is 0 Å². The van der Waals surface area contributed by atoms with Crippen LogP contribution in [0.5, 0.6) is 11.5 Å². The summed E-state index contributed by atoms with van der Waals surface area (Å²) < 4.78 is 35.6. The zero-order valence-corrected chi connectivity index (χ0v) is 13.9. The maximum Gasteiger partial charge on any atom is 0.305 e. The van der Waals surface area contributed by atoms with Crippen molar-refractivity contribution in [2.45, 2.75) is 10.7 Å². The summed E-state index contributed by atoms with van der Waals surface area (Å²) in [5.74, 6) is -0.388. The van der Waals surface area contributed by atoms with E-state index in [1.807, 2.05) is 60.7 Å². The molecule has 5 nitrogen and oxygen atoms in total. The van der Waals surface area contributed by atoms with Gasteiger partial charge < -0.3 is 9.47 Å². The third kappa shape index (κ3) is 2.65. The van der Waals surface area contributed by atoms with Crippen molar-refractivity contribution in [3.05, 3.63) is 90.0 Å². The molecule has 3 aromatic carbocycles. The molecule has 0 aromatic heterocycles. The summed E-state index contributed by atoms with van der Waals surface area (Å²) in [5, 5.41) is 5.22. The van der Waals surface area contributed by atoms with Gasteiger partial charge in [0.15, 0.2) is 11.5 Å². The summed E-state index contributed by atoms with van der Waals surface area (Å²) in [5.41, 5.74) is 1.60. The Labute approximate surface area is 145 Å². The molecule has 6 heteroatoms. The molecule has 0 saturated carbocycles. The van der Waals surface area contributed by atoms with Crippen LogP contribution in [0.2, 0.25) is 0 Å². The second kappa shape index (κ2) is 5.61. The minimum atomic E-state index is -3.83. The van der Waals surface area contributed by atoms with Gasteiger partial charge in [-0.25, -0.2) is 13.6 Å². The van der Waals surface area contributed by atoms with E-state index in [4.69, 9.17) is 14.6 Å². The van der Waals surface area contributed by atoms with Crippen LogP contribution in [-0.4, -0.2) is 8.42 Å². The maximum atomic E-state index is 11.6. The molecule has 2 N–H and O–H groups in total. The minimum Gasteiger partial charge on any atom is -0.440 e. The molecule has 0 fully saturated rings. The van der Waals surface area contributed by atoms with E-state index in [2.05, 4.69) is 0 Å². The van der Waals surface area contributed by atoms with E-state index >= 15 is 0 Å². The highest BCUT2D eigenvalue weighted by molar-refractivity contribution is 7.89. The smallest absolute Gasteiger partial charge is 0.305 e. The van der Waals surface area contributed by atoms with Crippen LogP contribution in [0, 0.1) is 0 Å². The molecule has 25 heavy (non-hydrogen) atoms. The van der Waals surface area contributed by atoms with Gasteiger partial charge in [0.05, 0.1) is 4.90 Å². The fraction of sp³-hybridized carbons (Fsp3) is 0.0526. The molecule has 3 aromatic rings. The van der Waals surface area contributed by atoms with E-state index < -0.39 is 15.8 Å². The number of benzene rings is 3. The number of nitrogens with two attached hydrogens (primary N) is 1. The highest BCUT2D eigenvalue weighted by Gasteiger charge is 2.45. The lowest BCUT2D eigenvalue weighted by atomic mass is 9.97.